The first kappa shape index (κ1) is 11.0. The van der Waals surface area contributed by atoms with Crippen molar-refractivity contribution in [2.75, 3.05) is 0 Å². The van der Waals surface area contributed by atoms with E-state index in [-0.39, 0.29) is 0 Å². The SMILES string of the molecule is CCc1cc(CC(C)C)c(C=O)n1C. The number of carbonyl (C=O) groups excluding carboxylic acids is 1. The fourth-order valence-corrected chi connectivity index (χ4v) is 1.84. The zero-order valence-corrected chi connectivity index (χ0v) is 9.50. The van der Waals surface area contributed by atoms with Crippen molar-refractivity contribution in [2.45, 2.75) is 33.6 Å². The molecule has 2 heteroatoms. The summed E-state index contributed by atoms with van der Waals surface area (Å²) in [6.07, 6.45) is 2.94. The van der Waals surface area contributed by atoms with Gasteiger partial charge in [0, 0.05) is 12.7 Å². The highest BCUT2D eigenvalue weighted by Crippen LogP contribution is 2.17. The highest BCUT2D eigenvalue weighted by atomic mass is 16.1. The third-order valence-corrected chi connectivity index (χ3v) is 2.56. The number of aromatic nitrogens is 1. The van der Waals surface area contributed by atoms with Crippen molar-refractivity contribution in [3.8, 4) is 0 Å². The topological polar surface area (TPSA) is 22.0 Å². The third kappa shape index (κ3) is 2.06. The van der Waals surface area contributed by atoms with Gasteiger partial charge in [-0.2, -0.15) is 0 Å². The Morgan fingerprint density at radius 3 is 2.57 bits per heavy atom. The molecule has 0 aliphatic carbocycles. The highest BCUT2D eigenvalue weighted by Gasteiger charge is 2.11. The van der Waals surface area contributed by atoms with E-state index in [2.05, 4.69) is 26.8 Å². The molecule has 0 bridgehead atoms. The van der Waals surface area contributed by atoms with Crippen LogP contribution in [0, 0.1) is 5.92 Å². The summed E-state index contributed by atoms with van der Waals surface area (Å²) in [4.78, 5) is 10.9. The third-order valence-electron chi connectivity index (χ3n) is 2.56. The van der Waals surface area contributed by atoms with E-state index in [1.807, 2.05) is 11.6 Å². The highest BCUT2D eigenvalue weighted by molar-refractivity contribution is 5.75. The number of rotatable bonds is 4. The molecule has 0 atom stereocenters. The molecule has 1 aromatic rings. The second kappa shape index (κ2) is 4.45. The Kier molecular flexibility index (Phi) is 3.50. The van der Waals surface area contributed by atoms with Gasteiger partial charge in [-0.15, -0.1) is 0 Å². The first-order chi connectivity index (χ1) is 6.60. The predicted molar refractivity (Wildman–Crippen MR) is 58.7 cm³/mol. The molecule has 1 aromatic heterocycles. The van der Waals surface area contributed by atoms with Crippen molar-refractivity contribution < 1.29 is 4.79 Å². The van der Waals surface area contributed by atoms with Crippen LogP contribution in [0.25, 0.3) is 0 Å². The summed E-state index contributed by atoms with van der Waals surface area (Å²) in [5.74, 6) is 0.598. The Balaban J connectivity index is 3.08. The number of aldehydes is 1. The largest absolute Gasteiger partial charge is 0.345 e. The van der Waals surface area contributed by atoms with Crippen LogP contribution in [-0.4, -0.2) is 10.9 Å². The van der Waals surface area contributed by atoms with E-state index in [4.69, 9.17) is 0 Å². The van der Waals surface area contributed by atoms with Gasteiger partial charge in [-0.3, -0.25) is 4.79 Å². The van der Waals surface area contributed by atoms with E-state index in [1.165, 1.54) is 11.3 Å². The van der Waals surface area contributed by atoms with Gasteiger partial charge in [-0.25, -0.2) is 0 Å². The number of aryl methyl sites for hydroxylation is 1. The summed E-state index contributed by atoms with van der Waals surface area (Å²) in [5, 5.41) is 0. The Morgan fingerprint density at radius 1 is 1.50 bits per heavy atom. The monoisotopic (exact) mass is 193 g/mol. The molecule has 0 unspecified atom stereocenters. The molecule has 0 saturated carbocycles. The summed E-state index contributed by atoms with van der Waals surface area (Å²) in [5.41, 5.74) is 3.27. The second-order valence-corrected chi connectivity index (χ2v) is 4.17. The summed E-state index contributed by atoms with van der Waals surface area (Å²) in [6.45, 7) is 6.46. The Bertz CT molecular complexity index is 323. The number of nitrogens with zero attached hydrogens (tertiary/aromatic N) is 1. The van der Waals surface area contributed by atoms with Crippen LogP contribution in [0.2, 0.25) is 0 Å². The van der Waals surface area contributed by atoms with Crippen LogP contribution < -0.4 is 0 Å². The average Bonchev–Trinajstić information content (AvgIpc) is 2.41. The van der Waals surface area contributed by atoms with Crippen molar-refractivity contribution in [2.24, 2.45) is 13.0 Å². The number of hydrogen-bond donors (Lipinski definition) is 0. The first-order valence-electron chi connectivity index (χ1n) is 5.22. The zero-order chi connectivity index (χ0) is 10.7. The van der Waals surface area contributed by atoms with Gasteiger partial charge in [0.25, 0.3) is 0 Å². The lowest BCUT2D eigenvalue weighted by molar-refractivity contribution is 0.111. The molecule has 0 radical (unpaired) electrons. The lowest BCUT2D eigenvalue weighted by Gasteiger charge is -2.04. The van der Waals surface area contributed by atoms with Crippen molar-refractivity contribution in [1.29, 1.82) is 0 Å². The Labute approximate surface area is 85.9 Å². The molecule has 0 fully saturated rings. The molecule has 0 aliphatic heterocycles. The summed E-state index contributed by atoms with van der Waals surface area (Å²) < 4.78 is 2.00. The quantitative estimate of drug-likeness (QED) is 0.674. The second-order valence-electron chi connectivity index (χ2n) is 4.17. The van der Waals surface area contributed by atoms with Crippen LogP contribution in [0.4, 0.5) is 0 Å². The van der Waals surface area contributed by atoms with E-state index in [0.29, 0.717) is 5.92 Å². The standard InChI is InChI=1S/C12H19NO/c1-5-11-7-10(6-9(2)3)12(8-14)13(11)4/h7-9H,5-6H2,1-4H3. The molecule has 1 heterocycles. The zero-order valence-electron chi connectivity index (χ0n) is 9.50. The maximum atomic E-state index is 10.9. The van der Waals surface area contributed by atoms with Crippen LogP contribution in [0.15, 0.2) is 6.07 Å². The minimum Gasteiger partial charge on any atom is -0.345 e. The Morgan fingerprint density at radius 2 is 2.14 bits per heavy atom. The van der Waals surface area contributed by atoms with Gasteiger partial charge in [-0.1, -0.05) is 20.8 Å². The van der Waals surface area contributed by atoms with E-state index in [1.54, 1.807) is 0 Å². The number of hydrogen-bond acceptors (Lipinski definition) is 1. The molecule has 0 spiro atoms. The van der Waals surface area contributed by atoms with E-state index in [0.717, 1.165) is 24.8 Å². The summed E-state index contributed by atoms with van der Waals surface area (Å²) in [7, 11) is 1.96. The van der Waals surface area contributed by atoms with Gasteiger partial charge in [0.05, 0.1) is 5.69 Å². The molecule has 0 amide bonds. The molecular formula is C12H19NO. The van der Waals surface area contributed by atoms with E-state index in [9.17, 15) is 4.79 Å². The van der Waals surface area contributed by atoms with Crippen molar-refractivity contribution in [3.63, 3.8) is 0 Å². The first-order valence-corrected chi connectivity index (χ1v) is 5.22. The van der Waals surface area contributed by atoms with Crippen LogP contribution in [0.1, 0.15) is 42.5 Å². The van der Waals surface area contributed by atoms with Crippen molar-refractivity contribution >= 4 is 6.29 Å². The molecule has 2 nitrogen and oxygen atoms in total. The van der Waals surface area contributed by atoms with Gasteiger partial charge in [-0.05, 0) is 30.4 Å². The van der Waals surface area contributed by atoms with Crippen LogP contribution in [0.5, 0.6) is 0 Å². The van der Waals surface area contributed by atoms with Crippen LogP contribution >= 0.6 is 0 Å². The van der Waals surface area contributed by atoms with Crippen LogP contribution in [-0.2, 0) is 19.9 Å². The van der Waals surface area contributed by atoms with Crippen molar-refractivity contribution in [1.82, 2.24) is 4.57 Å². The minimum absolute atomic E-state index is 0.598. The fraction of sp³-hybridized carbons (Fsp3) is 0.583. The molecular weight excluding hydrogens is 174 g/mol. The van der Waals surface area contributed by atoms with E-state index < -0.39 is 0 Å². The normalized spacial score (nSPS) is 10.9. The maximum absolute atomic E-state index is 10.9. The lowest BCUT2D eigenvalue weighted by atomic mass is 10.0. The number of carbonyl (C=O) groups is 1. The lowest BCUT2D eigenvalue weighted by Crippen LogP contribution is -2.02. The molecule has 78 valence electrons. The smallest absolute Gasteiger partial charge is 0.166 e. The summed E-state index contributed by atoms with van der Waals surface area (Å²) >= 11 is 0. The maximum Gasteiger partial charge on any atom is 0.166 e. The molecule has 0 N–H and O–H groups in total. The predicted octanol–water partition coefficient (Wildman–Crippen LogP) is 2.60. The van der Waals surface area contributed by atoms with Gasteiger partial charge in [0.15, 0.2) is 6.29 Å². The van der Waals surface area contributed by atoms with Gasteiger partial charge < -0.3 is 4.57 Å². The summed E-state index contributed by atoms with van der Waals surface area (Å²) in [6, 6.07) is 2.16. The molecule has 0 aliphatic rings. The van der Waals surface area contributed by atoms with Crippen molar-refractivity contribution in [3.05, 3.63) is 23.0 Å². The van der Waals surface area contributed by atoms with E-state index >= 15 is 0 Å². The fourth-order valence-electron chi connectivity index (χ4n) is 1.84. The molecule has 0 aromatic carbocycles. The minimum atomic E-state index is 0.598. The van der Waals surface area contributed by atoms with Gasteiger partial charge in [0.2, 0.25) is 0 Å². The van der Waals surface area contributed by atoms with Gasteiger partial charge in [0.1, 0.15) is 0 Å². The molecule has 0 saturated heterocycles. The van der Waals surface area contributed by atoms with Gasteiger partial charge >= 0.3 is 0 Å². The average molecular weight is 193 g/mol. The Hall–Kier alpha value is -1.05. The molecule has 1 rings (SSSR count). The van der Waals surface area contributed by atoms with Crippen LogP contribution in [0.3, 0.4) is 0 Å². The molecule has 14 heavy (non-hydrogen) atoms.